The zero-order valence-corrected chi connectivity index (χ0v) is 7.56. The average Bonchev–Trinajstić information content (AvgIpc) is 2.26. The Labute approximate surface area is 81.8 Å². The molecule has 0 unspecified atom stereocenters. The molecule has 4 nitrogen and oxygen atoms in total. The number of nitrogens with one attached hydrogen (secondary N) is 1. The molecule has 0 atom stereocenters. The van der Waals surface area contributed by atoms with E-state index in [0.29, 0.717) is 17.9 Å². The lowest BCUT2D eigenvalue weighted by molar-refractivity contribution is 0.0706. The molecule has 0 bridgehead atoms. The SMILES string of the molecule is C=CCOc1ccc(C(=O)NO)cc1. The quantitative estimate of drug-likeness (QED) is 0.431. The van der Waals surface area contributed by atoms with Crippen LogP contribution in [0.2, 0.25) is 0 Å². The predicted molar refractivity (Wildman–Crippen MR) is 51.4 cm³/mol. The van der Waals surface area contributed by atoms with Gasteiger partial charge in [0.1, 0.15) is 12.4 Å². The van der Waals surface area contributed by atoms with Crippen LogP contribution in [0.3, 0.4) is 0 Å². The molecule has 0 aliphatic heterocycles. The summed E-state index contributed by atoms with van der Waals surface area (Å²) in [6.07, 6.45) is 1.63. The van der Waals surface area contributed by atoms with Crippen LogP contribution in [-0.2, 0) is 0 Å². The van der Waals surface area contributed by atoms with Gasteiger partial charge in [-0.15, -0.1) is 0 Å². The highest BCUT2D eigenvalue weighted by molar-refractivity contribution is 5.93. The van der Waals surface area contributed by atoms with E-state index >= 15 is 0 Å². The monoisotopic (exact) mass is 193 g/mol. The van der Waals surface area contributed by atoms with Crippen molar-refractivity contribution in [1.82, 2.24) is 5.48 Å². The maximum Gasteiger partial charge on any atom is 0.274 e. The zero-order valence-electron chi connectivity index (χ0n) is 7.56. The van der Waals surface area contributed by atoms with Crippen LogP contribution < -0.4 is 10.2 Å². The molecule has 1 rings (SSSR count). The lowest BCUT2D eigenvalue weighted by atomic mass is 10.2. The Hall–Kier alpha value is -1.81. The molecule has 0 aromatic heterocycles. The summed E-state index contributed by atoms with van der Waals surface area (Å²) >= 11 is 0. The number of carbonyl (C=O) groups excluding carboxylic acids is 1. The molecule has 0 radical (unpaired) electrons. The molecule has 4 heteroatoms. The van der Waals surface area contributed by atoms with Crippen molar-refractivity contribution in [3.8, 4) is 5.75 Å². The summed E-state index contributed by atoms with van der Waals surface area (Å²) in [5.74, 6) is 0.111. The predicted octanol–water partition coefficient (Wildman–Crippen LogP) is 1.37. The summed E-state index contributed by atoms with van der Waals surface area (Å²) in [6, 6.07) is 6.41. The molecule has 0 aliphatic rings. The summed E-state index contributed by atoms with van der Waals surface area (Å²) in [6.45, 7) is 3.93. The molecule has 2 N–H and O–H groups in total. The molecule has 74 valence electrons. The van der Waals surface area contributed by atoms with Crippen LogP contribution in [0.1, 0.15) is 10.4 Å². The molecule has 1 aromatic rings. The first kappa shape index (κ1) is 10.3. The van der Waals surface area contributed by atoms with Crippen molar-refractivity contribution in [2.75, 3.05) is 6.61 Å². The van der Waals surface area contributed by atoms with Gasteiger partial charge in [-0.05, 0) is 24.3 Å². The fourth-order valence-corrected chi connectivity index (χ4v) is 0.922. The third-order valence-corrected chi connectivity index (χ3v) is 1.59. The van der Waals surface area contributed by atoms with E-state index in [1.54, 1.807) is 35.8 Å². The van der Waals surface area contributed by atoms with Gasteiger partial charge >= 0.3 is 0 Å². The molecule has 0 fully saturated rings. The largest absolute Gasteiger partial charge is 0.490 e. The third-order valence-electron chi connectivity index (χ3n) is 1.59. The maximum absolute atomic E-state index is 10.9. The van der Waals surface area contributed by atoms with Gasteiger partial charge in [-0.3, -0.25) is 10.0 Å². The molecule has 14 heavy (non-hydrogen) atoms. The van der Waals surface area contributed by atoms with Crippen molar-refractivity contribution in [2.45, 2.75) is 0 Å². The van der Waals surface area contributed by atoms with E-state index in [1.807, 2.05) is 0 Å². The Balaban J connectivity index is 2.68. The van der Waals surface area contributed by atoms with E-state index in [9.17, 15) is 4.79 Å². The number of rotatable bonds is 4. The summed E-state index contributed by atoms with van der Waals surface area (Å²) in [7, 11) is 0. The Morgan fingerprint density at radius 1 is 1.50 bits per heavy atom. The van der Waals surface area contributed by atoms with E-state index in [-0.39, 0.29) is 0 Å². The van der Waals surface area contributed by atoms with Crippen molar-refractivity contribution >= 4 is 5.91 Å². The first-order chi connectivity index (χ1) is 6.77. The number of hydrogen-bond donors (Lipinski definition) is 2. The van der Waals surface area contributed by atoms with E-state index < -0.39 is 5.91 Å². The summed E-state index contributed by atoms with van der Waals surface area (Å²) in [5, 5.41) is 8.35. The highest BCUT2D eigenvalue weighted by Crippen LogP contribution is 2.11. The lowest BCUT2D eigenvalue weighted by Gasteiger charge is -2.03. The number of hydrogen-bond acceptors (Lipinski definition) is 3. The molecular weight excluding hydrogens is 182 g/mol. The highest BCUT2D eigenvalue weighted by Gasteiger charge is 2.02. The number of benzene rings is 1. The van der Waals surface area contributed by atoms with Gasteiger partial charge in [-0.2, -0.15) is 0 Å². The Morgan fingerprint density at radius 2 is 2.14 bits per heavy atom. The van der Waals surface area contributed by atoms with Crippen LogP contribution in [-0.4, -0.2) is 17.7 Å². The fraction of sp³-hybridized carbons (Fsp3) is 0.100. The van der Waals surface area contributed by atoms with E-state index in [1.165, 1.54) is 0 Å². The number of hydroxylamine groups is 1. The van der Waals surface area contributed by atoms with Crippen LogP contribution in [0.25, 0.3) is 0 Å². The van der Waals surface area contributed by atoms with Gasteiger partial charge in [0.25, 0.3) is 5.91 Å². The zero-order chi connectivity index (χ0) is 10.4. The average molecular weight is 193 g/mol. The Morgan fingerprint density at radius 3 is 2.64 bits per heavy atom. The van der Waals surface area contributed by atoms with Crippen molar-refractivity contribution < 1.29 is 14.7 Å². The second-order valence-corrected chi connectivity index (χ2v) is 2.56. The van der Waals surface area contributed by atoms with Crippen LogP contribution in [0, 0.1) is 0 Å². The first-order valence-corrected chi connectivity index (χ1v) is 4.06. The minimum Gasteiger partial charge on any atom is -0.490 e. The summed E-state index contributed by atoms with van der Waals surface area (Å²) < 4.78 is 5.21. The van der Waals surface area contributed by atoms with Crippen molar-refractivity contribution in [2.24, 2.45) is 0 Å². The molecule has 0 saturated heterocycles. The van der Waals surface area contributed by atoms with Gasteiger partial charge < -0.3 is 4.74 Å². The molecular formula is C10H11NO3. The molecule has 0 saturated carbocycles. The minimum absolute atomic E-state index is 0.374. The van der Waals surface area contributed by atoms with Gasteiger partial charge in [-0.1, -0.05) is 12.7 Å². The topological polar surface area (TPSA) is 58.6 Å². The normalized spacial score (nSPS) is 9.21. The molecule has 0 aliphatic carbocycles. The first-order valence-electron chi connectivity index (χ1n) is 4.06. The second kappa shape index (κ2) is 5.04. The van der Waals surface area contributed by atoms with Crippen LogP contribution >= 0.6 is 0 Å². The van der Waals surface area contributed by atoms with Gasteiger partial charge in [0.15, 0.2) is 0 Å². The van der Waals surface area contributed by atoms with Crippen molar-refractivity contribution in [3.63, 3.8) is 0 Å². The molecule has 1 amide bonds. The second-order valence-electron chi connectivity index (χ2n) is 2.56. The van der Waals surface area contributed by atoms with Gasteiger partial charge in [0.05, 0.1) is 0 Å². The standard InChI is InChI=1S/C10H11NO3/c1-2-7-14-9-5-3-8(4-6-9)10(12)11-13/h2-6,13H,1,7H2,(H,11,12). The van der Waals surface area contributed by atoms with Crippen LogP contribution in [0.5, 0.6) is 5.75 Å². The van der Waals surface area contributed by atoms with Crippen LogP contribution in [0.4, 0.5) is 0 Å². The van der Waals surface area contributed by atoms with Crippen LogP contribution in [0.15, 0.2) is 36.9 Å². The number of ether oxygens (including phenoxy) is 1. The number of carbonyl (C=O) groups is 1. The van der Waals surface area contributed by atoms with Crippen molar-refractivity contribution in [3.05, 3.63) is 42.5 Å². The molecule has 0 spiro atoms. The van der Waals surface area contributed by atoms with E-state index in [4.69, 9.17) is 9.94 Å². The minimum atomic E-state index is -0.541. The van der Waals surface area contributed by atoms with E-state index in [2.05, 4.69) is 6.58 Å². The summed E-state index contributed by atoms with van der Waals surface area (Å²) in [5.41, 5.74) is 1.92. The third kappa shape index (κ3) is 2.60. The van der Waals surface area contributed by atoms with Gasteiger partial charge in [0.2, 0.25) is 0 Å². The van der Waals surface area contributed by atoms with E-state index in [0.717, 1.165) is 0 Å². The van der Waals surface area contributed by atoms with Gasteiger partial charge in [0, 0.05) is 5.56 Å². The smallest absolute Gasteiger partial charge is 0.274 e. The molecule has 0 heterocycles. The highest BCUT2D eigenvalue weighted by atomic mass is 16.5. The number of amides is 1. The van der Waals surface area contributed by atoms with Crippen molar-refractivity contribution in [1.29, 1.82) is 0 Å². The molecule has 1 aromatic carbocycles. The lowest BCUT2D eigenvalue weighted by Crippen LogP contribution is -2.18. The summed E-state index contributed by atoms with van der Waals surface area (Å²) in [4.78, 5) is 10.9. The maximum atomic E-state index is 10.9. The fourth-order valence-electron chi connectivity index (χ4n) is 0.922. The Kier molecular flexibility index (Phi) is 3.69. The van der Waals surface area contributed by atoms with Gasteiger partial charge in [-0.25, -0.2) is 5.48 Å². The Bertz CT molecular complexity index is 319.